The standard InChI is InChI=1S/C5H12N2Si/c1-8(2,3)4-5-6-7-5/h5H,4H2,1-3H3. The summed E-state index contributed by atoms with van der Waals surface area (Å²) in [5, 5.41) is 7.69. The number of hydrogen-bond acceptors (Lipinski definition) is 2. The van der Waals surface area contributed by atoms with Crippen molar-refractivity contribution in [3.05, 3.63) is 0 Å². The average molecular weight is 128 g/mol. The summed E-state index contributed by atoms with van der Waals surface area (Å²) < 4.78 is 0. The molecule has 0 aromatic carbocycles. The number of hydrogen-bond donors (Lipinski definition) is 0. The van der Waals surface area contributed by atoms with Crippen molar-refractivity contribution < 1.29 is 0 Å². The summed E-state index contributed by atoms with van der Waals surface area (Å²) in [5.41, 5.74) is 0. The summed E-state index contributed by atoms with van der Waals surface area (Å²) in [6, 6.07) is 1.24. The van der Waals surface area contributed by atoms with Gasteiger partial charge in [0.05, 0.1) is 0 Å². The van der Waals surface area contributed by atoms with Crippen LogP contribution >= 0.6 is 0 Å². The molecule has 0 saturated carbocycles. The molecule has 0 atom stereocenters. The van der Waals surface area contributed by atoms with Gasteiger partial charge in [0.1, 0.15) is 0 Å². The maximum Gasteiger partial charge on any atom is 0.178 e. The smallest absolute Gasteiger partial charge is 0.163 e. The molecule has 0 unspecified atom stereocenters. The normalized spacial score (nSPS) is 19.4. The van der Waals surface area contributed by atoms with Gasteiger partial charge in [0.25, 0.3) is 0 Å². The van der Waals surface area contributed by atoms with Crippen LogP contribution in [0.15, 0.2) is 10.2 Å². The maximum atomic E-state index is 3.85. The van der Waals surface area contributed by atoms with Crippen LogP contribution in [0.1, 0.15) is 0 Å². The fourth-order valence-corrected chi connectivity index (χ4v) is 1.94. The quantitative estimate of drug-likeness (QED) is 0.509. The van der Waals surface area contributed by atoms with Crippen LogP contribution in [-0.2, 0) is 0 Å². The molecule has 1 aliphatic heterocycles. The molecule has 1 rings (SSSR count). The Kier molecular flexibility index (Phi) is 1.23. The summed E-state index contributed by atoms with van der Waals surface area (Å²) in [4.78, 5) is 0. The van der Waals surface area contributed by atoms with Gasteiger partial charge in [-0.3, -0.25) is 0 Å². The zero-order valence-corrected chi connectivity index (χ0v) is 6.68. The van der Waals surface area contributed by atoms with E-state index in [1.165, 1.54) is 6.04 Å². The minimum absolute atomic E-state index is 0.404. The second-order valence-corrected chi connectivity index (χ2v) is 9.01. The molecular weight excluding hydrogens is 116 g/mol. The molecule has 8 heavy (non-hydrogen) atoms. The van der Waals surface area contributed by atoms with Crippen LogP contribution < -0.4 is 0 Å². The molecule has 3 heteroatoms. The highest BCUT2D eigenvalue weighted by Gasteiger charge is 2.24. The Labute approximate surface area is 51.0 Å². The highest BCUT2D eigenvalue weighted by atomic mass is 28.3. The van der Waals surface area contributed by atoms with Crippen LogP contribution in [0.25, 0.3) is 0 Å². The lowest BCUT2D eigenvalue weighted by molar-refractivity contribution is 1.03. The Morgan fingerprint density at radius 1 is 1.25 bits per heavy atom. The fraction of sp³-hybridized carbons (Fsp3) is 1.00. The van der Waals surface area contributed by atoms with Gasteiger partial charge >= 0.3 is 0 Å². The fourth-order valence-electron chi connectivity index (χ4n) is 0.677. The van der Waals surface area contributed by atoms with Gasteiger partial charge in [-0.15, -0.1) is 0 Å². The lowest BCUT2D eigenvalue weighted by Crippen LogP contribution is -2.21. The maximum absolute atomic E-state index is 3.85. The molecule has 0 fully saturated rings. The topological polar surface area (TPSA) is 24.7 Å². The average Bonchev–Trinajstić information content (AvgIpc) is 2.12. The van der Waals surface area contributed by atoms with E-state index in [0.717, 1.165) is 0 Å². The predicted octanol–water partition coefficient (Wildman–Crippen LogP) is 2.12. The minimum Gasteiger partial charge on any atom is -0.163 e. The molecule has 0 aromatic rings. The zero-order valence-electron chi connectivity index (χ0n) is 5.68. The van der Waals surface area contributed by atoms with Crippen LogP contribution in [0.2, 0.25) is 25.7 Å². The van der Waals surface area contributed by atoms with Gasteiger partial charge in [0.15, 0.2) is 6.17 Å². The van der Waals surface area contributed by atoms with Gasteiger partial charge in [0.2, 0.25) is 0 Å². The zero-order chi connectivity index (χ0) is 6.20. The third-order valence-corrected chi connectivity index (χ3v) is 2.66. The van der Waals surface area contributed by atoms with Crippen molar-refractivity contribution in [2.75, 3.05) is 0 Å². The van der Waals surface area contributed by atoms with Crippen LogP contribution in [0.3, 0.4) is 0 Å². The summed E-state index contributed by atoms with van der Waals surface area (Å²) in [6.07, 6.45) is 0.404. The largest absolute Gasteiger partial charge is 0.178 e. The molecule has 2 nitrogen and oxygen atoms in total. The minimum atomic E-state index is -0.845. The van der Waals surface area contributed by atoms with E-state index in [1.54, 1.807) is 0 Å². The first-order chi connectivity index (χ1) is 3.58. The Morgan fingerprint density at radius 3 is 1.88 bits per heavy atom. The van der Waals surface area contributed by atoms with Crippen LogP contribution in [0.4, 0.5) is 0 Å². The molecule has 46 valence electrons. The van der Waals surface area contributed by atoms with Crippen molar-refractivity contribution in [3.8, 4) is 0 Å². The van der Waals surface area contributed by atoms with E-state index in [0.29, 0.717) is 6.17 Å². The summed E-state index contributed by atoms with van der Waals surface area (Å²) in [7, 11) is -0.845. The van der Waals surface area contributed by atoms with Gasteiger partial charge < -0.3 is 0 Å². The monoisotopic (exact) mass is 128 g/mol. The molecule has 0 radical (unpaired) electrons. The first kappa shape index (κ1) is 5.94. The Hall–Kier alpha value is -0.183. The Balaban J connectivity index is 2.17. The van der Waals surface area contributed by atoms with Crippen LogP contribution in [-0.4, -0.2) is 14.2 Å². The lowest BCUT2D eigenvalue weighted by Gasteiger charge is -2.11. The first-order valence-electron chi connectivity index (χ1n) is 2.98. The van der Waals surface area contributed by atoms with Gasteiger partial charge in [-0.05, 0) is 6.04 Å². The third kappa shape index (κ3) is 2.21. The van der Waals surface area contributed by atoms with E-state index in [1.807, 2.05) is 0 Å². The molecule has 1 aliphatic rings. The van der Waals surface area contributed by atoms with E-state index < -0.39 is 8.07 Å². The van der Waals surface area contributed by atoms with Gasteiger partial charge in [-0.25, -0.2) is 0 Å². The predicted molar refractivity (Wildman–Crippen MR) is 36.8 cm³/mol. The molecule has 0 aromatic heterocycles. The summed E-state index contributed by atoms with van der Waals surface area (Å²) in [5.74, 6) is 0. The highest BCUT2D eigenvalue weighted by molar-refractivity contribution is 6.76. The molecule has 0 amide bonds. The highest BCUT2D eigenvalue weighted by Crippen LogP contribution is 2.22. The van der Waals surface area contributed by atoms with E-state index in [2.05, 4.69) is 29.9 Å². The number of rotatable bonds is 2. The third-order valence-electron chi connectivity index (χ3n) is 1.07. The van der Waals surface area contributed by atoms with Crippen molar-refractivity contribution in [1.82, 2.24) is 0 Å². The van der Waals surface area contributed by atoms with E-state index in [9.17, 15) is 0 Å². The van der Waals surface area contributed by atoms with E-state index in [4.69, 9.17) is 0 Å². The van der Waals surface area contributed by atoms with Crippen molar-refractivity contribution in [1.29, 1.82) is 0 Å². The SMILES string of the molecule is C[Si](C)(C)CC1N=N1. The lowest BCUT2D eigenvalue weighted by atomic mass is 10.7. The van der Waals surface area contributed by atoms with Crippen LogP contribution in [0.5, 0.6) is 0 Å². The van der Waals surface area contributed by atoms with Crippen molar-refractivity contribution >= 4 is 8.07 Å². The molecular formula is C5H12N2Si. The van der Waals surface area contributed by atoms with E-state index in [-0.39, 0.29) is 0 Å². The molecule has 0 N–H and O–H groups in total. The van der Waals surface area contributed by atoms with Crippen molar-refractivity contribution in [2.24, 2.45) is 10.2 Å². The molecule has 1 heterocycles. The Morgan fingerprint density at radius 2 is 1.75 bits per heavy atom. The summed E-state index contributed by atoms with van der Waals surface area (Å²) in [6.45, 7) is 7.03. The second kappa shape index (κ2) is 1.65. The Bertz CT molecular complexity index is 108. The summed E-state index contributed by atoms with van der Waals surface area (Å²) >= 11 is 0. The van der Waals surface area contributed by atoms with Crippen molar-refractivity contribution in [2.45, 2.75) is 31.9 Å². The van der Waals surface area contributed by atoms with E-state index >= 15 is 0 Å². The molecule has 0 saturated heterocycles. The number of nitrogens with zero attached hydrogens (tertiary/aromatic N) is 2. The van der Waals surface area contributed by atoms with Crippen LogP contribution in [0, 0.1) is 0 Å². The second-order valence-electron chi connectivity index (χ2n) is 3.48. The molecule has 0 aliphatic carbocycles. The molecule has 0 spiro atoms. The van der Waals surface area contributed by atoms with Gasteiger partial charge in [-0.2, -0.15) is 10.2 Å². The first-order valence-corrected chi connectivity index (χ1v) is 6.69. The van der Waals surface area contributed by atoms with Gasteiger partial charge in [-0.1, -0.05) is 19.6 Å². The van der Waals surface area contributed by atoms with Crippen molar-refractivity contribution in [3.63, 3.8) is 0 Å². The molecule has 0 bridgehead atoms. The van der Waals surface area contributed by atoms with Gasteiger partial charge in [0, 0.05) is 8.07 Å².